The number of hydrogen-bond donors (Lipinski definition) is 2. The van der Waals surface area contributed by atoms with Crippen LogP contribution in [0.4, 0.5) is 13.2 Å². The van der Waals surface area contributed by atoms with E-state index in [1.165, 1.54) is 18.2 Å². The lowest BCUT2D eigenvalue weighted by molar-refractivity contribution is -0.137. The fraction of sp³-hybridized carbons (Fsp3) is 0.107. The summed E-state index contributed by atoms with van der Waals surface area (Å²) in [6.07, 6.45) is -1.22. The highest BCUT2D eigenvalue weighted by Crippen LogP contribution is 2.37. The van der Waals surface area contributed by atoms with E-state index in [0.29, 0.717) is 12.0 Å². The highest BCUT2D eigenvalue weighted by molar-refractivity contribution is 6.00. The van der Waals surface area contributed by atoms with E-state index in [-0.39, 0.29) is 0 Å². The van der Waals surface area contributed by atoms with Gasteiger partial charge < -0.3 is 10.1 Å². The highest BCUT2D eigenvalue weighted by atomic mass is 19.4. The third-order valence-corrected chi connectivity index (χ3v) is 5.63. The molecule has 0 unspecified atom stereocenters. The van der Waals surface area contributed by atoms with Gasteiger partial charge in [0.2, 0.25) is 0 Å². The number of para-hydroxylation sites is 1. The number of aromatic amines is 1. The third-order valence-electron chi connectivity index (χ3n) is 5.63. The molecule has 1 heterocycles. The first-order valence-corrected chi connectivity index (χ1v) is 10.8. The van der Waals surface area contributed by atoms with Crippen LogP contribution in [-0.2, 0) is 11.0 Å². The summed E-state index contributed by atoms with van der Waals surface area (Å²) < 4.78 is 39.3. The van der Waals surface area contributed by atoms with Crippen molar-refractivity contribution in [2.45, 2.75) is 19.5 Å². The van der Waals surface area contributed by atoms with Crippen molar-refractivity contribution in [1.29, 1.82) is 0 Å². The zero-order chi connectivity index (χ0) is 24.3. The van der Waals surface area contributed by atoms with Crippen LogP contribution in [0.15, 0.2) is 84.9 Å². The molecule has 0 spiro atoms. The van der Waals surface area contributed by atoms with Crippen molar-refractivity contribution >= 4 is 34.1 Å². The Labute approximate surface area is 194 Å². The van der Waals surface area contributed by atoms with Gasteiger partial charge in [0.15, 0.2) is 0 Å². The molecule has 0 aliphatic heterocycles. The van der Waals surface area contributed by atoms with Crippen LogP contribution < -0.4 is 0 Å². The Bertz CT molecular complexity index is 1340. The first kappa shape index (κ1) is 23.1. The lowest BCUT2D eigenvalue weighted by Gasteiger charge is -2.16. The molecule has 0 amide bonds. The quantitative estimate of drug-likeness (QED) is 0.229. The molecule has 4 aromatic rings. The lowest BCUT2D eigenvalue weighted by atomic mass is 9.90. The van der Waals surface area contributed by atoms with E-state index in [1.807, 2.05) is 61.5 Å². The van der Waals surface area contributed by atoms with Crippen LogP contribution in [0.5, 0.6) is 0 Å². The van der Waals surface area contributed by atoms with Gasteiger partial charge in [-0.2, -0.15) is 13.2 Å². The summed E-state index contributed by atoms with van der Waals surface area (Å²) in [7, 11) is 0. The van der Waals surface area contributed by atoms with Crippen LogP contribution in [-0.4, -0.2) is 16.1 Å². The van der Waals surface area contributed by atoms with Crippen LogP contribution in [0.2, 0.25) is 0 Å². The number of carboxylic acid groups (broad SMARTS) is 1. The molecule has 3 nitrogen and oxygen atoms in total. The van der Waals surface area contributed by atoms with Gasteiger partial charge in [0.1, 0.15) is 0 Å². The number of aromatic nitrogens is 1. The smallest absolute Gasteiger partial charge is 0.416 e. The second-order valence-corrected chi connectivity index (χ2v) is 7.85. The minimum absolute atomic E-state index is 0.594. The molecule has 0 fully saturated rings. The number of allylic oxidation sites excluding steroid dienone is 1. The second-order valence-electron chi connectivity index (χ2n) is 7.85. The van der Waals surface area contributed by atoms with Crippen molar-refractivity contribution in [3.8, 4) is 0 Å². The number of carboxylic acids is 1. The molecule has 6 heteroatoms. The van der Waals surface area contributed by atoms with Crippen molar-refractivity contribution in [2.24, 2.45) is 0 Å². The number of nitrogens with one attached hydrogen (secondary N) is 1. The van der Waals surface area contributed by atoms with E-state index >= 15 is 0 Å². The fourth-order valence-electron chi connectivity index (χ4n) is 4.01. The number of H-pyrrole nitrogens is 1. The van der Waals surface area contributed by atoms with Gasteiger partial charge in [-0.3, -0.25) is 0 Å². The van der Waals surface area contributed by atoms with Gasteiger partial charge in [0, 0.05) is 28.2 Å². The molecule has 0 saturated carbocycles. The molecule has 0 aliphatic rings. The number of hydrogen-bond acceptors (Lipinski definition) is 1. The van der Waals surface area contributed by atoms with Crippen molar-refractivity contribution in [1.82, 2.24) is 4.98 Å². The number of rotatable bonds is 6. The number of halogens is 3. The molecule has 0 radical (unpaired) electrons. The Hall–Kier alpha value is -4.06. The van der Waals surface area contributed by atoms with Crippen LogP contribution in [0, 0.1) is 0 Å². The zero-order valence-corrected chi connectivity index (χ0v) is 18.4. The molecule has 0 atom stereocenters. The van der Waals surface area contributed by atoms with Gasteiger partial charge in [-0.1, -0.05) is 61.5 Å². The predicted molar refractivity (Wildman–Crippen MR) is 129 cm³/mol. The second kappa shape index (κ2) is 9.43. The molecule has 0 bridgehead atoms. The average Bonchev–Trinajstić information content (AvgIpc) is 3.25. The van der Waals surface area contributed by atoms with Crippen LogP contribution in [0.3, 0.4) is 0 Å². The Morgan fingerprint density at radius 1 is 0.941 bits per heavy atom. The normalized spacial score (nSPS) is 12.8. The molecule has 34 heavy (non-hydrogen) atoms. The molecular formula is C28H22F3NO2. The third kappa shape index (κ3) is 4.96. The largest absolute Gasteiger partial charge is 0.478 e. The number of aliphatic carboxylic acids is 1. The molecule has 0 aliphatic carbocycles. The monoisotopic (exact) mass is 461 g/mol. The van der Waals surface area contributed by atoms with Crippen LogP contribution >= 0.6 is 0 Å². The lowest BCUT2D eigenvalue weighted by Crippen LogP contribution is -2.04. The number of alkyl halides is 3. The Kier molecular flexibility index (Phi) is 6.41. The predicted octanol–water partition coefficient (Wildman–Crippen LogP) is 7.65. The Balaban J connectivity index is 1.89. The summed E-state index contributed by atoms with van der Waals surface area (Å²) in [6, 6.07) is 22.5. The van der Waals surface area contributed by atoms with Crippen molar-refractivity contribution in [3.63, 3.8) is 0 Å². The van der Waals surface area contributed by atoms with E-state index in [0.717, 1.165) is 57.1 Å². The summed E-state index contributed by atoms with van der Waals surface area (Å²) >= 11 is 0. The summed E-state index contributed by atoms with van der Waals surface area (Å²) in [5.74, 6) is -1.03. The van der Waals surface area contributed by atoms with Gasteiger partial charge >= 0.3 is 12.1 Å². The molecule has 3 aromatic carbocycles. The SMILES string of the molecule is CC/C(=C(/c1ccc(/C=C/C(=O)O)cc1)c1cc2ccccc2[nH]1)c1ccc(C(F)(F)F)cc1. The zero-order valence-electron chi connectivity index (χ0n) is 18.4. The number of benzene rings is 3. The highest BCUT2D eigenvalue weighted by Gasteiger charge is 2.30. The Morgan fingerprint density at radius 3 is 2.18 bits per heavy atom. The minimum Gasteiger partial charge on any atom is -0.478 e. The van der Waals surface area contributed by atoms with Gasteiger partial charge in [0.25, 0.3) is 0 Å². The molecule has 4 rings (SSSR count). The molecule has 2 N–H and O–H groups in total. The summed E-state index contributed by atoms with van der Waals surface area (Å²) in [5, 5.41) is 9.89. The van der Waals surface area contributed by atoms with E-state index in [4.69, 9.17) is 5.11 Å². The standard InChI is InChI=1S/C28H22F3NO2/c1-2-23(19-12-14-22(15-13-19)28(29,30)31)27(25-17-21-5-3-4-6-24(21)32-25)20-10-7-18(8-11-20)9-16-26(33)34/h3-17,32H,2H2,1H3,(H,33,34)/b16-9+,27-23+. The van der Waals surface area contributed by atoms with Gasteiger partial charge in [-0.25, -0.2) is 4.79 Å². The molecule has 1 aromatic heterocycles. The van der Waals surface area contributed by atoms with Crippen molar-refractivity contribution in [2.75, 3.05) is 0 Å². The maximum Gasteiger partial charge on any atom is 0.416 e. The van der Waals surface area contributed by atoms with Gasteiger partial charge in [-0.05, 0) is 59.0 Å². The van der Waals surface area contributed by atoms with E-state index < -0.39 is 17.7 Å². The fourth-order valence-corrected chi connectivity index (χ4v) is 4.01. The topological polar surface area (TPSA) is 53.1 Å². The van der Waals surface area contributed by atoms with E-state index in [9.17, 15) is 18.0 Å². The maximum absolute atomic E-state index is 13.1. The van der Waals surface area contributed by atoms with Gasteiger partial charge in [0.05, 0.1) is 5.56 Å². The average molecular weight is 461 g/mol. The van der Waals surface area contributed by atoms with Crippen LogP contribution in [0.25, 0.3) is 28.1 Å². The first-order chi connectivity index (χ1) is 16.3. The van der Waals surface area contributed by atoms with Crippen LogP contribution in [0.1, 0.15) is 41.3 Å². The minimum atomic E-state index is -4.39. The maximum atomic E-state index is 13.1. The summed E-state index contributed by atoms with van der Waals surface area (Å²) in [5.41, 5.74) is 5.21. The first-order valence-electron chi connectivity index (χ1n) is 10.8. The molecule has 172 valence electrons. The van der Waals surface area contributed by atoms with Gasteiger partial charge in [-0.15, -0.1) is 0 Å². The molecule has 0 saturated heterocycles. The summed E-state index contributed by atoms with van der Waals surface area (Å²) in [6.45, 7) is 1.97. The Morgan fingerprint density at radius 2 is 1.59 bits per heavy atom. The van der Waals surface area contributed by atoms with Crippen molar-refractivity contribution in [3.05, 3.63) is 113 Å². The van der Waals surface area contributed by atoms with Crippen molar-refractivity contribution < 1.29 is 23.1 Å². The summed E-state index contributed by atoms with van der Waals surface area (Å²) in [4.78, 5) is 14.3. The van der Waals surface area contributed by atoms with E-state index in [2.05, 4.69) is 4.98 Å². The molecular weight excluding hydrogens is 439 g/mol. The number of fused-ring (bicyclic) bond motifs is 1. The van der Waals surface area contributed by atoms with E-state index in [1.54, 1.807) is 0 Å². The number of carbonyl (C=O) groups is 1.